The molecule has 1 N–H and O–H groups in total. The van der Waals surface area contributed by atoms with Crippen molar-refractivity contribution in [2.75, 3.05) is 10.8 Å². The van der Waals surface area contributed by atoms with E-state index in [1.54, 1.807) is 42.5 Å². The highest BCUT2D eigenvalue weighted by Crippen LogP contribution is 2.29. The van der Waals surface area contributed by atoms with Gasteiger partial charge in [0.05, 0.1) is 10.6 Å². The maximum absolute atomic E-state index is 14.8. The summed E-state index contributed by atoms with van der Waals surface area (Å²) in [6.07, 6.45) is 5.82. The lowest BCUT2D eigenvalue weighted by molar-refractivity contribution is -0.140. The van der Waals surface area contributed by atoms with Crippen LogP contribution in [0.2, 0.25) is 5.02 Å². The van der Waals surface area contributed by atoms with Crippen LogP contribution in [0, 0.1) is 6.92 Å². The summed E-state index contributed by atoms with van der Waals surface area (Å²) in [5, 5.41) is 3.70. The first-order valence-corrected chi connectivity index (χ1v) is 18.5. The second-order valence-corrected chi connectivity index (χ2v) is 14.7. The minimum absolute atomic E-state index is 0.0247. The summed E-state index contributed by atoms with van der Waals surface area (Å²) in [5.41, 5.74) is 3.69. The van der Waals surface area contributed by atoms with Gasteiger partial charge in [-0.2, -0.15) is 0 Å². The maximum Gasteiger partial charge on any atom is 0.264 e. The van der Waals surface area contributed by atoms with Gasteiger partial charge in [0, 0.05) is 24.0 Å². The van der Waals surface area contributed by atoms with Crippen LogP contribution in [-0.4, -0.2) is 43.8 Å². The molecule has 48 heavy (non-hydrogen) atoms. The second kappa shape index (κ2) is 16.3. The van der Waals surface area contributed by atoms with Crippen LogP contribution in [0.25, 0.3) is 0 Å². The number of para-hydroxylation sites is 1. The van der Waals surface area contributed by atoms with E-state index in [2.05, 4.69) is 5.32 Å². The topological polar surface area (TPSA) is 86.8 Å². The largest absolute Gasteiger partial charge is 0.352 e. The van der Waals surface area contributed by atoms with Gasteiger partial charge in [0.25, 0.3) is 10.0 Å². The molecule has 0 heterocycles. The van der Waals surface area contributed by atoms with Crippen molar-refractivity contribution in [1.29, 1.82) is 0 Å². The fraction of sp³-hybridized carbons (Fsp3) is 0.333. The van der Waals surface area contributed by atoms with Crippen molar-refractivity contribution in [3.8, 4) is 0 Å². The van der Waals surface area contributed by atoms with E-state index in [0.717, 1.165) is 48.8 Å². The Morgan fingerprint density at radius 3 is 2.12 bits per heavy atom. The van der Waals surface area contributed by atoms with Crippen LogP contribution in [-0.2, 0) is 39.0 Å². The van der Waals surface area contributed by atoms with Crippen molar-refractivity contribution in [1.82, 2.24) is 10.2 Å². The molecular weight excluding hydrogens is 642 g/mol. The summed E-state index contributed by atoms with van der Waals surface area (Å²) >= 11 is 6.63. The van der Waals surface area contributed by atoms with Crippen molar-refractivity contribution in [2.24, 2.45) is 0 Å². The summed E-state index contributed by atoms with van der Waals surface area (Å²) in [4.78, 5) is 30.7. The molecule has 1 fully saturated rings. The number of anilines is 1. The third-order valence-electron chi connectivity index (χ3n) is 9.05. The molecule has 7 nitrogen and oxygen atoms in total. The van der Waals surface area contributed by atoms with E-state index in [-0.39, 0.29) is 29.8 Å². The Hall–Kier alpha value is -4.14. The highest BCUT2D eigenvalue weighted by atomic mass is 35.5. The molecule has 0 bridgehead atoms. The number of halogens is 1. The molecule has 4 aromatic carbocycles. The average Bonchev–Trinajstić information content (AvgIpc) is 3.10. The van der Waals surface area contributed by atoms with E-state index in [1.165, 1.54) is 9.21 Å². The molecule has 0 spiro atoms. The number of hydrogen-bond donors (Lipinski definition) is 1. The van der Waals surface area contributed by atoms with E-state index >= 15 is 0 Å². The normalized spacial score (nSPS) is 14.2. The molecule has 252 valence electrons. The van der Waals surface area contributed by atoms with Crippen molar-refractivity contribution < 1.29 is 18.0 Å². The van der Waals surface area contributed by atoms with Gasteiger partial charge < -0.3 is 10.2 Å². The Kier molecular flexibility index (Phi) is 12.0. The lowest BCUT2D eigenvalue weighted by Gasteiger charge is -2.35. The SMILES string of the molecule is CCc1ccccc1N(CC(=O)N(Cc1ccccc1Cl)[C@H](Cc1ccccc1)C(=O)NC1CCCCC1)S(=O)(=O)c1ccc(C)cc1. The first-order chi connectivity index (χ1) is 23.2. The van der Waals surface area contributed by atoms with Crippen LogP contribution < -0.4 is 9.62 Å². The Morgan fingerprint density at radius 2 is 1.46 bits per heavy atom. The summed E-state index contributed by atoms with van der Waals surface area (Å²) in [6.45, 7) is 3.37. The van der Waals surface area contributed by atoms with Crippen LogP contribution in [0.1, 0.15) is 61.3 Å². The number of sulfonamides is 1. The molecule has 0 saturated heterocycles. The molecule has 0 aromatic heterocycles. The lowest BCUT2D eigenvalue weighted by atomic mass is 9.94. The quantitative estimate of drug-likeness (QED) is 0.158. The highest BCUT2D eigenvalue weighted by molar-refractivity contribution is 7.92. The minimum Gasteiger partial charge on any atom is -0.352 e. The van der Waals surface area contributed by atoms with Crippen molar-refractivity contribution in [2.45, 2.75) is 82.3 Å². The molecular formula is C39H44ClN3O4S. The summed E-state index contributed by atoms with van der Waals surface area (Å²) in [5.74, 6) is -0.760. The first-order valence-electron chi connectivity index (χ1n) is 16.7. The zero-order valence-electron chi connectivity index (χ0n) is 27.6. The van der Waals surface area contributed by atoms with Crippen LogP contribution >= 0.6 is 11.6 Å². The molecule has 0 unspecified atom stereocenters. The standard InChI is InChI=1S/C39H44ClN3O4S/c1-3-31-16-11-13-21-36(31)43(48(46,47)34-24-22-29(2)23-25-34)28-38(44)42(27-32-17-10-12-20-35(32)40)37(26-30-14-6-4-7-15-30)39(45)41-33-18-8-5-9-19-33/h4,6-7,10-17,20-25,33,37H,3,5,8-9,18-19,26-28H2,1-2H3,(H,41,45)/t37-/m1/s1. The molecule has 1 aliphatic rings. The van der Waals surface area contributed by atoms with Crippen LogP contribution in [0.4, 0.5) is 5.69 Å². The second-order valence-electron chi connectivity index (χ2n) is 12.5. The Balaban J connectivity index is 1.59. The Bertz CT molecular complexity index is 1790. The third-order valence-corrected chi connectivity index (χ3v) is 11.2. The number of benzene rings is 4. The third kappa shape index (κ3) is 8.65. The summed E-state index contributed by atoms with van der Waals surface area (Å²) in [6, 6.07) is 29.8. The number of amides is 2. The number of carbonyl (C=O) groups excluding carboxylic acids is 2. The van der Waals surface area contributed by atoms with Gasteiger partial charge in [-0.15, -0.1) is 0 Å². The minimum atomic E-state index is -4.18. The van der Waals surface area contributed by atoms with E-state index in [0.29, 0.717) is 22.7 Å². The number of carbonyl (C=O) groups is 2. The van der Waals surface area contributed by atoms with Crippen LogP contribution in [0.3, 0.4) is 0 Å². The van der Waals surface area contributed by atoms with E-state index in [1.807, 2.05) is 74.5 Å². The number of aryl methyl sites for hydroxylation is 2. The molecule has 0 aliphatic heterocycles. The fourth-order valence-corrected chi connectivity index (χ4v) is 7.96. The van der Waals surface area contributed by atoms with E-state index < -0.39 is 28.5 Å². The molecule has 0 radical (unpaired) electrons. The Labute approximate surface area is 290 Å². The predicted molar refractivity (Wildman–Crippen MR) is 192 cm³/mol. The van der Waals surface area contributed by atoms with Crippen molar-refractivity contribution in [3.05, 3.63) is 130 Å². The number of rotatable bonds is 13. The monoisotopic (exact) mass is 685 g/mol. The highest BCUT2D eigenvalue weighted by Gasteiger charge is 2.36. The predicted octanol–water partition coefficient (Wildman–Crippen LogP) is 7.50. The molecule has 5 rings (SSSR count). The van der Waals surface area contributed by atoms with Gasteiger partial charge in [-0.25, -0.2) is 8.42 Å². The van der Waals surface area contributed by atoms with Crippen molar-refractivity contribution in [3.63, 3.8) is 0 Å². The fourth-order valence-electron chi connectivity index (χ4n) is 6.31. The van der Waals surface area contributed by atoms with Gasteiger partial charge in [-0.05, 0) is 67.1 Å². The number of hydrogen-bond acceptors (Lipinski definition) is 4. The average molecular weight is 686 g/mol. The van der Waals surface area contributed by atoms with Gasteiger partial charge in [-0.3, -0.25) is 13.9 Å². The van der Waals surface area contributed by atoms with Gasteiger partial charge in [0.1, 0.15) is 12.6 Å². The molecule has 1 atom stereocenters. The van der Waals surface area contributed by atoms with Crippen LogP contribution in [0.15, 0.2) is 108 Å². The van der Waals surface area contributed by atoms with Gasteiger partial charge in [0.2, 0.25) is 11.8 Å². The number of nitrogens with zero attached hydrogens (tertiary/aromatic N) is 2. The smallest absolute Gasteiger partial charge is 0.264 e. The lowest BCUT2D eigenvalue weighted by Crippen LogP contribution is -2.55. The molecule has 2 amide bonds. The zero-order chi connectivity index (χ0) is 34.1. The van der Waals surface area contributed by atoms with E-state index in [4.69, 9.17) is 11.6 Å². The van der Waals surface area contributed by atoms with Gasteiger partial charge in [-0.1, -0.05) is 122 Å². The van der Waals surface area contributed by atoms with Crippen LogP contribution in [0.5, 0.6) is 0 Å². The molecule has 9 heteroatoms. The summed E-state index contributed by atoms with van der Waals surface area (Å²) < 4.78 is 30.0. The first kappa shape index (κ1) is 35.2. The van der Waals surface area contributed by atoms with Crippen molar-refractivity contribution >= 4 is 39.1 Å². The molecule has 4 aromatic rings. The van der Waals surface area contributed by atoms with Gasteiger partial charge >= 0.3 is 0 Å². The maximum atomic E-state index is 14.8. The Morgan fingerprint density at radius 1 is 0.833 bits per heavy atom. The molecule has 1 saturated carbocycles. The van der Waals surface area contributed by atoms with Gasteiger partial charge in [0.15, 0.2) is 0 Å². The number of nitrogens with one attached hydrogen (secondary N) is 1. The zero-order valence-corrected chi connectivity index (χ0v) is 29.2. The summed E-state index contributed by atoms with van der Waals surface area (Å²) in [7, 11) is -4.18. The molecule has 1 aliphatic carbocycles. The van der Waals surface area contributed by atoms with E-state index in [9.17, 15) is 18.0 Å².